The third-order valence-electron chi connectivity index (χ3n) is 3.47. The van der Waals surface area contributed by atoms with Crippen LogP contribution in [-0.4, -0.2) is 10.2 Å². The molecule has 0 saturated carbocycles. The van der Waals surface area contributed by atoms with Gasteiger partial charge in [0.05, 0.1) is 0 Å². The van der Waals surface area contributed by atoms with E-state index in [-0.39, 0.29) is 5.41 Å². The van der Waals surface area contributed by atoms with Crippen LogP contribution < -0.4 is 4.74 Å². The molecule has 0 aliphatic heterocycles. The monoisotopic (exact) mass is 304 g/mol. The van der Waals surface area contributed by atoms with E-state index in [1.54, 1.807) is 6.07 Å². The van der Waals surface area contributed by atoms with Crippen LogP contribution in [0.15, 0.2) is 24.3 Å². The predicted molar refractivity (Wildman–Crippen MR) is 86.0 cm³/mol. The first-order chi connectivity index (χ1) is 9.77. The Bertz CT molecular complexity index is 630. The summed E-state index contributed by atoms with van der Waals surface area (Å²) in [7, 11) is 0. The number of aromatic nitrogens is 2. The molecule has 3 nitrogen and oxygen atoms in total. The molecule has 0 saturated heterocycles. The molecule has 0 radical (unpaired) electrons. The number of hydrogen-bond donors (Lipinski definition) is 0. The van der Waals surface area contributed by atoms with Gasteiger partial charge in [-0.1, -0.05) is 38.4 Å². The van der Waals surface area contributed by atoms with Crippen molar-refractivity contribution in [2.24, 2.45) is 0 Å². The van der Waals surface area contributed by atoms with Gasteiger partial charge >= 0.3 is 0 Å². The fraction of sp³-hybridized carbons (Fsp3) is 0.412. The van der Waals surface area contributed by atoms with E-state index in [9.17, 15) is 0 Å². The zero-order valence-electron chi connectivity index (χ0n) is 13.2. The third kappa shape index (κ3) is 3.94. The van der Waals surface area contributed by atoms with E-state index in [0.29, 0.717) is 11.8 Å². The van der Waals surface area contributed by atoms with Crippen LogP contribution in [0.25, 0.3) is 0 Å². The van der Waals surface area contributed by atoms with Crippen molar-refractivity contribution in [1.82, 2.24) is 10.2 Å². The molecule has 1 aromatic carbocycles. The summed E-state index contributed by atoms with van der Waals surface area (Å²) in [4.78, 5) is 0. The second-order valence-corrected chi connectivity index (χ2v) is 6.71. The highest BCUT2D eigenvalue weighted by Crippen LogP contribution is 2.34. The lowest BCUT2D eigenvalue weighted by molar-refractivity contribution is 0.291. The van der Waals surface area contributed by atoms with Crippen LogP contribution in [-0.2, 0) is 12.0 Å². The predicted octanol–water partition coefficient (Wildman–Crippen LogP) is 4.62. The summed E-state index contributed by atoms with van der Waals surface area (Å²) < 4.78 is 5.98. The number of hydrogen-bond acceptors (Lipinski definition) is 3. The Morgan fingerprint density at radius 3 is 2.29 bits per heavy atom. The molecule has 0 amide bonds. The van der Waals surface area contributed by atoms with E-state index in [2.05, 4.69) is 56.9 Å². The molecule has 0 spiro atoms. The average Bonchev–Trinajstić information content (AvgIpc) is 2.40. The molecule has 2 rings (SSSR count). The SMILES string of the molecule is Cc1cc(OCc2ccc(Cl)nn2)c(C(C)(C)C)cc1C. The Morgan fingerprint density at radius 1 is 1.05 bits per heavy atom. The molecular formula is C17H21ClN2O. The number of ether oxygens (including phenoxy) is 1. The molecule has 112 valence electrons. The van der Waals surface area contributed by atoms with Gasteiger partial charge < -0.3 is 4.74 Å². The Balaban J connectivity index is 2.26. The van der Waals surface area contributed by atoms with Gasteiger partial charge in [-0.3, -0.25) is 0 Å². The minimum absolute atomic E-state index is 0.0272. The molecule has 1 heterocycles. The highest BCUT2D eigenvalue weighted by molar-refractivity contribution is 6.29. The first-order valence-corrected chi connectivity index (χ1v) is 7.38. The summed E-state index contributed by atoms with van der Waals surface area (Å²) in [5, 5.41) is 8.24. The largest absolute Gasteiger partial charge is 0.487 e. The second kappa shape index (κ2) is 6.02. The van der Waals surface area contributed by atoms with Crippen LogP contribution in [0.1, 0.15) is 43.2 Å². The average molecular weight is 305 g/mol. The lowest BCUT2D eigenvalue weighted by Crippen LogP contribution is -2.14. The Labute approximate surface area is 131 Å². The lowest BCUT2D eigenvalue weighted by Gasteiger charge is -2.24. The lowest BCUT2D eigenvalue weighted by atomic mass is 9.84. The number of rotatable bonds is 3. The van der Waals surface area contributed by atoms with Crippen molar-refractivity contribution in [2.75, 3.05) is 0 Å². The fourth-order valence-electron chi connectivity index (χ4n) is 2.07. The van der Waals surface area contributed by atoms with E-state index in [4.69, 9.17) is 16.3 Å². The highest BCUT2D eigenvalue weighted by Gasteiger charge is 2.20. The van der Waals surface area contributed by atoms with Gasteiger partial charge in [0, 0.05) is 0 Å². The third-order valence-corrected chi connectivity index (χ3v) is 3.67. The van der Waals surface area contributed by atoms with E-state index in [0.717, 1.165) is 11.4 Å². The van der Waals surface area contributed by atoms with Crippen molar-refractivity contribution >= 4 is 11.6 Å². The van der Waals surface area contributed by atoms with Crippen LogP contribution >= 0.6 is 11.6 Å². The fourth-order valence-corrected chi connectivity index (χ4v) is 2.17. The Hall–Kier alpha value is -1.61. The normalized spacial score (nSPS) is 11.5. The molecule has 0 atom stereocenters. The van der Waals surface area contributed by atoms with E-state index in [1.807, 2.05) is 6.07 Å². The standard InChI is InChI=1S/C17H21ClN2O/c1-11-8-14(17(3,4)5)15(9-12(11)2)21-10-13-6-7-16(18)20-19-13/h6-9H,10H2,1-5H3. The molecular weight excluding hydrogens is 284 g/mol. The Kier molecular flexibility index (Phi) is 4.52. The summed E-state index contributed by atoms with van der Waals surface area (Å²) in [5.74, 6) is 0.905. The highest BCUT2D eigenvalue weighted by atomic mass is 35.5. The van der Waals surface area contributed by atoms with Crippen LogP contribution in [0.3, 0.4) is 0 Å². The maximum atomic E-state index is 5.98. The maximum Gasteiger partial charge on any atom is 0.151 e. The number of halogens is 1. The molecule has 4 heteroatoms. The van der Waals surface area contributed by atoms with E-state index >= 15 is 0 Å². The zero-order chi connectivity index (χ0) is 15.6. The van der Waals surface area contributed by atoms with Crippen LogP contribution in [0.5, 0.6) is 5.75 Å². The first-order valence-electron chi connectivity index (χ1n) is 7.00. The van der Waals surface area contributed by atoms with E-state index in [1.165, 1.54) is 16.7 Å². The molecule has 0 bridgehead atoms. The van der Waals surface area contributed by atoms with Crippen LogP contribution in [0, 0.1) is 13.8 Å². The van der Waals surface area contributed by atoms with Gasteiger partial charge in [0.2, 0.25) is 0 Å². The van der Waals surface area contributed by atoms with Gasteiger partial charge in [0.1, 0.15) is 18.1 Å². The van der Waals surface area contributed by atoms with Crippen molar-refractivity contribution in [3.8, 4) is 5.75 Å². The summed E-state index contributed by atoms with van der Waals surface area (Å²) in [6.07, 6.45) is 0. The summed E-state index contributed by atoms with van der Waals surface area (Å²) >= 11 is 5.74. The van der Waals surface area contributed by atoms with Gasteiger partial charge in [-0.2, -0.15) is 5.10 Å². The smallest absolute Gasteiger partial charge is 0.151 e. The first kappa shape index (κ1) is 15.8. The number of benzene rings is 1. The van der Waals surface area contributed by atoms with Gasteiger partial charge in [0.15, 0.2) is 5.15 Å². The van der Waals surface area contributed by atoms with Crippen LogP contribution in [0.4, 0.5) is 0 Å². The van der Waals surface area contributed by atoms with Gasteiger partial charge in [-0.15, -0.1) is 5.10 Å². The number of aryl methyl sites for hydroxylation is 2. The molecule has 0 aliphatic rings. The van der Waals surface area contributed by atoms with Crippen molar-refractivity contribution in [1.29, 1.82) is 0 Å². The van der Waals surface area contributed by atoms with Crippen molar-refractivity contribution in [3.05, 3.63) is 51.8 Å². The zero-order valence-corrected chi connectivity index (χ0v) is 14.0. The number of nitrogens with zero attached hydrogens (tertiary/aromatic N) is 2. The van der Waals surface area contributed by atoms with Crippen molar-refractivity contribution in [3.63, 3.8) is 0 Å². The molecule has 0 fully saturated rings. The van der Waals surface area contributed by atoms with Crippen LogP contribution in [0.2, 0.25) is 5.15 Å². The molecule has 1 aromatic heterocycles. The summed E-state index contributed by atoms with van der Waals surface area (Å²) in [6, 6.07) is 7.85. The van der Waals surface area contributed by atoms with Crippen molar-refractivity contribution < 1.29 is 4.74 Å². The molecule has 21 heavy (non-hydrogen) atoms. The quantitative estimate of drug-likeness (QED) is 0.829. The Morgan fingerprint density at radius 2 is 1.71 bits per heavy atom. The molecule has 2 aromatic rings. The maximum absolute atomic E-state index is 5.98. The van der Waals surface area contributed by atoms with Crippen molar-refractivity contribution in [2.45, 2.75) is 46.6 Å². The summed E-state index contributed by atoms with van der Waals surface area (Å²) in [6.45, 7) is 11.2. The topological polar surface area (TPSA) is 35.0 Å². The minimum atomic E-state index is 0.0272. The van der Waals surface area contributed by atoms with Gasteiger partial charge in [-0.05, 0) is 54.2 Å². The molecule has 0 N–H and O–H groups in total. The van der Waals surface area contributed by atoms with Gasteiger partial charge in [0.25, 0.3) is 0 Å². The second-order valence-electron chi connectivity index (χ2n) is 6.32. The molecule has 0 aliphatic carbocycles. The van der Waals surface area contributed by atoms with Gasteiger partial charge in [-0.25, -0.2) is 0 Å². The van der Waals surface area contributed by atoms with E-state index < -0.39 is 0 Å². The molecule has 0 unspecified atom stereocenters. The minimum Gasteiger partial charge on any atom is -0.487 e. The summed E-state index contributed by atoms with van der Waals surface area (Å²) in [5.41, 5.74) is 4.49.